The van der Waals surface area contributed by atoms with E-state index in [1.807, 2.05) is 0 Å². The van der Waals surface area contributed by atoms with Gasteiger partial charge in [-0.1, -0.05) is 68.3 Å². The molecule has 1 aromatic heterocycles. The van der Waals surface area contributed by atoms with Gasteiger partial charge in [0.15, 0.2) is 5.82 Å². The van der Waals surface area contributed by atoms with Gasteiger partial charge in [0.25, 0.3) is 0 Å². The highest BCUT2D eigenvalue weighted by atomic mass is 19.3. The van der Waals surface area contributed by atoms with Crippen LogP contribution in [0, 0.1) is 17.5 Å². The van der Waals surface area contributed by atoms with E-state index in [0.717, 1.165) is 49.4 Å². The molecule has 0 N–H and O–H groups in total. The number of hydrogen-bond donors (Lipinski definition) is 0. The van der Waals surface area contributed by atoms with Crippen LogP contribution in [-0.4, -0.2) is 9.97 Å². The van der Waals surface area contributed by atoms with Gasteiger partial charge < -0.3 is 4.74 Å². The van der Waals surface area contributed by atoms with Gasteiger partial charge in [0, 0.05) is 35.2 Å². The normalized spacial score (nSPS) is 11.4. The lowest BCUT2D eigenvalue weighted by Crippen LogP contribution is -2.21. The first-order chi connectivity index (χ1) is 22.2. The number of hydrogen-bond acceptors (Lipinski definition) is 3. The molecule has 1 heterocycles. The Morgan fingerprint density at radius 1 is 0.717 bits per heavy atom. The van der Waals surface area contributed by atoms with E-state index in [2.05, 4.69) is 23.5 Å². The smallest absolute Gasteiger partial charge is 0.426 e. The third-order valence-electron chi connectivity index (χ3n) is 7.70. The van der Waals surface area contributed by atoms with Crippen LogP contribution < -0.4 is 4.74 Å². The van der Waals surface area contributed by atoms with Gasteiger partial charge in [0.2, 0.25) is 0 Å². The Morgan fingerprint density at radius 2 is 1.35 bits per heavy atom. The first-order valence-electron chi connectivity index (χ1n) is 15.2. The monoisotopic (exact) mass is 628 g/mol. The third kappa shape index (κ3) is 7.68. The molecule has 0 aliphatic carbocycles. The largest absolute Gasteiger partial charge is 0.429 e. The standard InChI is InChI=1S/C38H33F5N2O/c1-3-5-7-8-25-23-44-37(45-24-25)29-14-19-33(36(41)21-29)28-13-18-32(35(40)20-28)26-10-15-30(16-11-26)38(42,43)46-31-17-12-27(9-6-4-2)34(39)22-31/h4,10-24H,2-3,5-9H2,1H3. The van der Waals surface area contributed by atoms with E-state index in [9.17, 15) is 13.2 Å². The number of halogens is 5. The third-order valence-corrected chi connectivity index (χ3v) is 7.70. The molecule has 3 nitrogen and oxygen atoms in total. The highest BCUT2D eigenvalue weighted by Crippen LogP contribution is 2.35. The van der Waals surface area contributed by atoms with E-state index in [0.29, 0.717) is 40.9 Å². The number of benzene rings is 4. The van der Waals surface area contributed by atoms with E-state index in [4.69, 9.17) is 4.74 Å². The first-order valence-corrected chi connectivity index (χ1v) is 15.2. The lowest BCUT2D eigenvalue weighted by molar-refractivity contribution is -0.185. The Bertz CT molecular complexity index is 1800. The summed E-state index contributed by atoms with van der Waals surface area (Å²) in [6.45, 7) is 5.73. The molecule has 46 heavy (non-hydrogen) atoms. The molecule has 0 amide bonds. The quantitative estimate of drug-likeness (QED) is 0.0739. The van der Waals surface area contributed by atoms with Gasteiger partial charge in [-0.05, 0) is 78.3 Å². The summed E-state index contributed by atoms with van der Waals surface area (Å²) in [5.41, 5.74) is 2.43. The Morgan fingerprint density at radius 3 is 1.98 bits per heavy atom. The number of aryl methyl sites for hydroxylation is 2. The lowest BCUT2D eigenvalue weighted by Gasteiger charge is -2.19. The fourth-order valence-corrected chi connectivity index (χ4v) is 5.12. The molecule has 4 aromatic carbocycles. The van der Waals surface area contributed by atoms with Crippen molar-refractivity contribution >= 4 is 0 Å². The molecule has 0 aliphatic rings. The van der Waals surface area contributed by atoms with Crippen molar-refractivity contribution in [3.8, 4) is 39.4 Å². The van der Waals surface area contributed by atoms with Gasteiger partial charge >= 0.3 is 6.11 Å². The number of aromatic nitrogens is 2. The Labute approximate surface area is 265 Å². The SMILES string of the molecule is C=CCCc1ccc(OC(F)(F)c2ccc(-c3ccc(-c4ccc(-c5ncc(CCCCC)cn5)cc4F)cc3F)cc2)cc1F. The fourth-order valence-electron chi connectivity index (χ4n) is 5.12. The zero-order valence-corrected chi connectivity index (χ0v) is 25.4. The summed E-state index contributed by atoms with van der Waals surface area (Å²) in [5, 5.41) is 0. The zero-order valence-electron chi connectivity index (χ0n) is 25.4. The minimum Gasteiger partial charge on any atom is -0.429 e. The predicted molar refractivity (Wildman–Crippen MR) is 171 cm³/mol. The molecule has 0 atom stereocenters. The summed E-state index contributed by atoms with van der Waals surface area (Å²) in [5.74, 6) is -1.77. The fraction of sp³-hybridized carbons (Fsp3) is 0.211. The Kier molecular flexibility index (Phi) is 10.3. The van der Waals surface area contributed by atoms with Crippen molar-refractivity contribution in [2.24, 2.45) is 0 Å². The Hall–Kier alpha value is -4.85. The summed E-state index contributed by atoms with van der Waals surface area (Å²) in [6.07, 6.45) is 6.55. The van der Waals surface area contributed by atoms with Crippen LogP contribution >= 0.6 is 0 Å². The molecule has 0 aliphatic heterocycles. The van der Waals surface area contributed by atoms with Crippen LogP contribution in [0.5, 0.6) is 5.75 Å². The minimum atomic E-state index is -3.76. The number of rotatable bonds is 13. The summed E-state index contributed by atoms with van der Waals surface area (Å²) >= 11 is 0. The number of ether oxygens (including phenoxy) is 1. The molecular weight excluding hydrogens is 595 g/mol. The highest BCUT2D eigenvalue weighted by molar-refractivity contribution is 5.73. The second-order valence-corrected chi connectivity index (χ2v) is 11.0. The molecule has 236 valence electrons. The summed E-state index contributed by atoms with van der Waals surface area (Å²) < 4.78 is 79.4. The maximum atomic E-state index is 15.3. The second-order valence-electron chi connectivity index (χ2n) is 11.0. The van der Waals surface area contributed by atoms with Crippen LogP contribution in [0.3, 0.4) is 0 Å². The molecular formula is C38H33F5N2O. The van der Waals surface area contributed by atoms with Gasteiger partial charge in [-0.25, -0.2) is 23.1 Å². The van der Waals surface area contributed by atoms with Crippen LogP contribution in [0.2, 0.25) is 0 Å². The van der Waals surface area contributed by atoms with Crippen LogP contribution in [0.4, 0.5) is 22.0 Å². The number of nitrogens with zero attached hydrogens (tertiary/aromatic N) is 2. The molecule has 0 unspecified atom stereocenters. The zero-order chi connectivity index (χ0) is 32.7. The second kappa shape index (κ2) is 14.5. The molecule has 0 saturated carbocycles. The summed E-state index contributed by atoms with van der Waals surface area (Å²) in [4.78, 5) is 8.76. The minimum absolute atomic E-state index is 0.154. The Balaban J connectivity index is 1.28. The van der Waals surface area contributed by atoms with E-state index < -0.39 is 29.1 Å². The first kappa shape index (κ1) is 32.5. The molecule has 5 rings (SSSR count). The highest BCUT2D eigenvalue weighted by Gasteiger charge is 2.34. The van der Waals surface area contributed by atoms with Crippen LogP contribution in [0.15, 0.2) is 104 Å². The predicted octanol–water partition coefficient (Wildman–Crippen LogP) is 10.9. The summed E-state index contributed by atoms with van der Waals surface area (Å²) in [7, 11) is 0. The van der Waals surface area contributed by atoms with Crippen molar-refractivity contribution in [1.29, 1.82) is 0 Å². The lowest BCUT2D eigenvalue weighted by atomic mass is 9.97. The topological polar surface area (TPSA) is 35.0 Å². The van der Waals surface area contributed by atoms with Crippen molar-refractivity contribution in [3.63, 3.8) is 0 Å². The molecule has 0 fully saturated rings. The van der Waals surface area contributed by atoms with Crippen LogP contribution in [0.25, 0.3) is 33.6 Å². The van der Waals surface area contributed by atoms with Crippen LogP contribution in [0.1, 0.15) is 49.3 Å². The van der Waals surface area contributed by atoms with Crippen molar-refractivity contribution in [1.82, 2.24) is 9.97 Å². The molecule has 8 heteroatoms. The van der Waals surface area contributed by atoms with Crippen molar-refractivity contribution < 1.29 is 26.7 Å². The maximum absolute atomic E-state index is 15.3. The molecule has 5 aromatic rings. The average Bonchev–Trinajstić information content (AvgIpc) is 3.05. The average molecular weight is 629 g/mol. The number of alkyl halides is 2. The number of unbranched alkanes of at least 4 members (excludes halogenated alkanes) is 2. The van der Waals surface area contributed by atoms with Crippen molar-refractivity contribution in [2.75, 3.05) is 0 Å². The van der Waals surface area contributed by atoms with E-state index in [1.165, 1.54) is 42.5 Å². The van der Waals surface area contributed by atoms with E-state index >= 15 is 8.78 Å². The molecule has 0 bridgehead atoms. The van der Waals surface area contributed by atoms with Gasteiger partial charge in [-0.2, -0.15) is 8.78 Å². The van der Waals surface area contributed by atoms with Gasteiger partial charge in [0.1, 0.15) is 23.2 Å². The van der Waals surface area contributed by atoms with Gasteiger partial charge in [-0.15, -0.1) is 6.58 Å². The van der Waals surface area contributed by atoms with Gasteiger partial charge in [0.05, 0.1) is 5.56 Å². The van der Waals surface area contributed by atoms with Crippen molar-refractivity contribution in [3.05, 3.63) is 138 Å². The van der Waals surface area contributed by atoms with Crippen molar-refractivity contribution in [2.45, 2.75) is 51.6 Å². The van der Waals surface area contributed by atoms with E-state index in [-0.39, 0.29) is 16.9 Å². The molecule has 0 radical (unpaired) electrons. The number of allylic oxidation sites excluding steroid dienone is 1. The summed E-state index contributed by atoms with van der Waals surface area (Å²) in [6, 6.07) is 17.3. The molecule has 0 spiro atoms. The maximum Gasteiger partial charge on any atom is 0.426 e. The molecule has 0 saturated heterocycles. The van der Waals surface area contributed by atoms with Crippen LogP contribution in [-0.2, 0) is 19.0 Å². The van der Waals surface area contributed by atoms with Gasteiger partial charge in [-0.3, -0.25) is 0 Å². The van der Waals surface area contributed by atoms with E-state index in [1.54, 1.807) is 36.7 Å².